The lowest BCUT2D eigenvalue weighted by Gasteiger charge is -2.13. The van der Waals surface area contributed by atoms with Crippen LogP contribution < -0.4 is 5.32 Å². The number of rotatable bonds is 3. The van der Waals surface area contributed by atoms with E-state index < -0.39 is 0 Å². The van der Waals surface area contributed by atoms with Crippen LogP contribution in [0.25, 0.3) is 11.0 Å². The first kappa shape index (κ1) is 16.2. The van der Waals surface area contributed by atoms with E-state index in [1.807, 2.05) is 41.9 Å². The van der Waals surface area contributed by atoms with Crippen molar-refractivity contribution in [2.45, 2.75) is 32.7 Å². The maximum absolute atomic E-state index is 12.5. The molecule has 0 aliphatic heterocycles. The zero-order valence-electron chi connectivity index (χ0n) is 14.8. The highest BCUT2D eigenvalue weighted by atomic mass is 16.2. The summed E-state index contributed by atoms with van der Waals surface area (Å²) in [7, 11) is 3.75. The Balaban J connectivity index is 1.78. The van der Waals surface area contributed by atoms with Crippen LogP contribution in [0.5, 0.6) is 0 Å². The van der Waals surface area contributed by atoms with Gasteiger partial charge in [-0.1, -0.05) is 32.9 Å². The van der Waals surface area contributed by atoms with Crippen molar-refractivity contribution >= 4 is 16.9 Å². The van der Waals surface area contributed by atoms with E-state index in [2.05, 4.69) is 36.2 Å². The number of carbonyl (C=O) groups is 1. The van der Waals surface area contributed by atoms with Crippen LogP contribution in [-0.4, -0.2) is 25.2 Å². The van der Waals surface area contributed by atoms with E-state index in [-0.39, 0.29) is 11.3 Å². The highest BCUT2D eigenvalue weighted by molar-refractivity contribution is 5.92. The van der Waals surface area contributed by atoms with Crippen molar-refractivity contribution in [1.82, 2.24) is 24.6 Å². The first-order valence-corrected chi connectivity index (χ1v) is 8.00. The second-order valence-corrected chi connectivity index (χ2v) is 7.05. The lowest BCUT2D eigenvalue weighted by Crippen LogP contribution is -2.26. The van der Waals surface area contributed by atoms with Gasteiger partial charge in [-0.05, 0) is 18.2 Å². The van der Waals surface area contributed by atoms with Crippen molar-refractivity contribution in [3.63, 3.8) is 0 Å². The van der Waals surface area contributed by atoms with Gasteiger partial charge in [-0.3, -0.25) is 9.48 Å². The van der Waals surface area contributed by atoms with Gasteiger partial charge in [0.2, 0.25) is 0 Å². The second-order valence-electron chi connectivity index (χ2n) is 7.05. The zero-order chi connectivity index (χ0) is 17.5. The number of nitrogens with zero attached hydrogens (tertiary/aromatic N) is 4. The summed E-state index contributed by atoms with van der Waals surface area (Å²) in [4.78, 5) is 17.1. The van der Waals surface area contributed by atoms with Gasteiger partial charge < -0.3 is 9.88 Å². The molecule has 1 N–H and O–H groups in total. The minimum Gasteiger partial charge on any atom is -0.343 e. The van der Waals surface area contributed by atoms with Crippen LogP contribution in [0.1, 0.15) is 42.8 Å². The fourth-order valence-corrected chi connectivity index (χ4v) is 2.65. The monoisotopic (exact) mass is 325 g/mol. The molecule has 0 aliphatic rings. The minimum absolute atomic E-state index is 0.0896. The number of fused-ring (bicyclic) bond motifs is 1. The van der Waals surface area contributed by atoms with Gasteiger partial charge in [0, 0.05) is 19.5 Å². The van der Waals surface area contributed by atoms with E-state index in [9.17, 15) is 4.79 Å². The van der Waals surface area contributed by atoms with Gasteiger partial charge in [0.15, 0.2) is 0 Å². The summed E-state index contributed by atoms with van der Waals surface area (Å²) in [6.45, 7) is 6.61. The molecule has 0 atom stereocenters. The summed E-state index contributed by atoms with van der Waals surface area (Å²) in [5, 5.41) is 7.38. The summed E-state index contributed by atoms with van der Waals surface area (Å²) in [6, 6.07) is 9.78. The SMILES string of the molecule is Cn1nc(C(C)(C)C)cc1C(=O)NCc1nc2ccccc2n1C. The van der Waals surface area contributed by atoms with Gasteiger partial charge in [0.05, 0.1) is 23.3 Å². The van der Waals surface area contributed by atoms with E-state index in [1.54, 1.807) is 11.7 Å². The van der Waals surface area contributed by atoms with E-state index in [1.165, 1.54) is 0 Å². The lowest BCUT2D eigenvalue weighted by atomic mass is 9.92. The van der Waals surface area contributed by atoms with Crippen LogP contribution >= 0.6 is 0 Å². The fourth-order valence-electron chi connectivity index (χ4n) is 2.65. The minimum atomic E-state index is -0.146. The van der Waals surface area contributed by atoms with Gasteiger partial charge in [-0.15, -0.1) is 0 Å². The zero-order valence-corrected chi connectivity index (χ0v) is 14.8. The lowest BCUT2D eigenvalue weighted by molar-refractivity contribution is 0.0940. The number of aromatic nitrogens is 4. The number of hydrogen-bond donors (Lipinski definition) is 1. The molecule has 126 valence electrons. The van der Waals surface area contributed by atoms with Crippen molar-refractivity contribution in [2.75, 3.05) is 0 Å². The molecule has 0 aliphatic carbocycles. The van der Waals surface area contributed by atoms with E-state index in [4.69, 9.17) is 0 Å². The molecule has 3 rings (SSSR count). The maximum atomic E-state index is 12.5. The molecule has 1 aromatic carbocycles. The normalized spacial score (nSPS) is 11.9. The van der Waals surface area contributed by atoms with Crippen LogP contribution in [0.4, 0.5) is 0 Å². The third-order valence-electron chi connectivity index (χ3n) is 4.17. The summed E-state index contributed by atoms with van der Waals surface area (Å²) in [6.07, 6.45) is 0. The highest BCUT2D eigenvalue weighted by Crippen LogP contribution is 2.21. The Morgan fingerprint density at radius 2 is 1.92 bits per heavy atom. The third kappa shape index (κ3) is 2.91. The average Bonchev–Trinajstić information content (AvgIpc) is 3.06. The van der Waals surface area contributed by atoms with Gasteiger partial charge in [-0.2, -0.15) is 5.10 Å². The topological polar surface area (TPSA) is 64.7 Å². The molecule has 0 saturated carbocycles. The predicted octanol–water partition coefficient (Wildman–Crippen LogP) is 2.53. The van der Waals surface area contributed by atoms with Gasteiger partial charge >= 0.3 is 0 Å². The summed E-state index contributed by atoms with van der Waals surface area (Å²) < 4.78 is 3.63. The number of nitrogens with one attached hydrogen (secondary N) is 1. The molecule has 0 unspecified atom stereocenters. The van der Waals surface area contributed by atoms with Crippen molar-refractivity contribution < 1.29 is 4.79 Å². The quantitative estimate of drug-likeness (QED) is 0.805. The average molecular weight is 325 g/mol. The molecule has 6 heteroatoms. The molecule has 24 heavy (non-hydrogen) atoms. The van der Waals surface area contributed by atoms with Gasteiger partial charge in [0.25, 0.3) is 5.91 Å². The van der Waals surface area contributed by atoms with Crippen LogP contribution in [0, 0.1) is 0 Å². The van der Waals surface area contributed by atoms with Crippen LogP contribution in [0.15, 0.2) is 30.3 Å². The number of benzene rings is 1. The molecule has 0 radical (unpaired) electrons. The Morgan fingerprint density at radius 3 is 2.54 bits per heavy atom. The highest BCUT2D eigenvalue weighted by Gasteiger charge is 2.21. The standard InChI is InChI=1S/C18H23N5O/c1-18(2,3)15-10-14(23(5)21-15)17(24)19-11-16-20-12-8-6-7-9-13(12)22(16)4/h6-10H,11H2,1-5H3,(H,19,24). The number of aryl methyl sites for hydroxylation is 2. The molecule has 2 heterocycles. The molecule has 6 nitrogen and oxygen atoms in total. The van der Waals surface area contributed by atoms with Gasteiger partial charge in [-0.25, -0.2) is 4.98 Å². The Morgan fingerprint density at radius 1 is 1.21 bits per heavy atom. The molecule has 3 aromatic rings. The summed E-state index contributed by atoms with van der Waals surface area (Å²) in [5.41, 5.74) is 3.35. The smallest absolute Gasteiger partial charge is 0.269 e. The molecular formula is C18H23N5O. The van der Waals surface area contributed by atoms with Crippen molar-refractivity contribution in [1.29, 1.82) is 0 Å². The maximum Gasteiger partial charge on any atom is 0.269 e. The van der Waals surface area contributed by atoms with E-state index >= 15 is 0 Å². The first-order valence-electron chi connectivity index (χ1n) is 8.00. The van der Waals surface area contributed by atoms with Gasteiger partial charge in [0.1, 0.15) is 11.5 Å². The largest absolute Gasteiger partial charge is 0.343 e. The Hall–Kier alpha value is -2.63. The van der Waals surface area contributed by atoms with Crippen molar-refractivity contribution in [3.05, 3.63) is 47.5 Å². The molecule has 1 amide bonds. The number of para-hydroxylation sites is 2. The van der Waals surface area contributed by atoms with Crippen LogP contribution in [0.2, 0.25) is 0 Å². The van der Waals surface area contributed by atoms with E-state index in [0.29, 0.717) is 12.2 Å². The Kier molecular flexibility index (Phi) is 3.91. The number of hydrogen-bond acceptors (Lipinski definition) is 3. The fraction of sp³-hybridized carbons (Fsp3) is 0.389. The number of carbonyl (C=O) groups excluding carboxylic acids is 1. The molecule has 0 bridgehead atoms. The van der Waals surface area contributed by atoms with Crippen LogP contribution in [0.3, 0.4) is 0 Å². The molecule has 0 fully saturated rings. The summed E-state index contributed by atoms with van der Waals surface area (Å²) in [5.74, 6) is 0.676. The molecule has 2 aromatic heterocycles. The third-order valence-corrected chi connectivity index (χ3v) is 4.17. The van der Waals surface area contributed by atoms with Crippen LogP contribution in [-0.2, 0) is 26.1 Å². The predicted molar refractivity (Wildman–Crippen MR) is 93.8 cm³/mol. The molecule has 0 spiro atoms. The Labute approximate surface area is 141 Å². The first-order chi connectivity index (χ1) is 11.3. The van der Waals surface area contributed by atoms with E-state index in [0.717, 1.165) is 22.6 Å². The van der Waals surface area contributed by atoms with Crippen molar-refractivity contribution in [2.24, 2.45) is 14.1 Å². The summed E-state index contributed by atoms with van der Waals surface area (Å²) >= 11 is 0. The second kappa shape index (κ2) is 5.78. The Bertz CT molecular complexity index is 898. The molecule has 0 saturated heterocycles. The molecular weight excluding hydrogens is 302 g/mol. The number of imidazole rings is 1. The van der Waals surface area contributed by atoms with Crippen molar-refractivity contribution in [3.8, 4) is 0 Å². The number of amides is 1.